The summed E-state index contributed by atoms with van der Waals surface area (Å²) in [5, 5.41) is 0. The molecule has 0 saturated heterocycles. The highest BCUT2D eigenvalue weighted by Crippen LogP contribution is 2.28. The van der Waals surface area contributed by atoms with E-state index in [1.165, 1.54) is 31.4 Å². The van der Waals surface area contributed by atoms with Crippen LogP contribution in [0.15, 0.2) is 76.4 Å². The minimum atomic E-state index is -4.15. The molecule has 0 aliphatic carbocycles. The molecule has 206 valence electrons. The van der Waals surface area contributed by atoms with Gasteiger partial charge in [0.05, 0.1) is 23.6 Å². The number of sulfonamides is 1. The molecule has 38 heavy (non-hydrogen) atoms. The molecule has 0 amide bonds. The summed E-state index contributed by atoms with van der Waals surface area (Å²) >= 11 is 0. The van der Waals surface area contributed by atoms with Crippen molar-refractivity contribution in [1.82, 2.24) is 4.72 Å². The van der Waals surface area contributed by atoms with Crippen LogP contribution in [0, 0.1) is 0 Å². The number of carbonyl (C=O) groups is 2. The van der Waals surface area contributed by atoms with Crippen molar-refractivity contribution < 1.29 is 32.2 Å². The highest BCUT2D eigenvalue weighted by Gasteiger charge is 2.32. The number of hydrogen-bond acceptors (Lipinski definition) is 7. The predicted octanol–water partition coefficient (Wildman–Crippen LogP) is 5.26. The molecule has 0 bridgehead atoms. The van der Waals surface area contributed by atoms with Crippen LogP contribution in [0.5, 0.6) is 5.75 Å². The van der Waals surface area contributed by atoms with Gasteiger partial charge < -0.3 is 14.2 Å². The second kappa shape index (κ2) is 12.4. The third-order valence-corrected chi connectivity index (χ3v) is 6.41. The van der Waals surface area contributed by atoms with E-state index in [1.54, 1.807) is 78.8 Å². The third kappa shape index (κ3) is 9.17. The van der Waals surface area contributed by atoms with Crippen LogP contribution in [0.25, 0.3) is 0 Å². The minimum absolute atomic E-state index is 0.0328. The number of rotatable bonds is 9. The Morgan fingerprint density at radius 2 is 1.39 bits per heavy atom. The van der Waals surface area contributed by atoms with Crippen LogP contribution in [0.2, 0.25) is 0 Å². The van der Waals surface area contributed by atoms with Crippen LogP contribution in [-0.2, 0) is 29.1 Å². The van der Waals surface area contributed by atoms with Gasteiger partial charge in [0, 0.05) is 0 Å². The van der Waals surface area contributed by atoms with E-state index in [9.17, 15) is 18.0 Å². The molecule has 0 heterocycles. The second-order valence-electron chi connectivity index (χ2n) is 10.5. The molecule has 0 aliphatic rings. The van der Waals surface area contributed by atoms with E-state index in [0.717, 1.165) is 0 Å². The average Bonchev–Trinajstić information content (AvgIpc) is 2.82. The molecule has 2 rings (SSSR count). The van der Waals surface area contributed by atoms with Crippen molar-refractivity contribution in [3.05, 3.63) is 77.0 Å². The van der Waals surface area contributed by atoms with Crippen molar-refractivity contribution in [3.8, 4) is 5.75 Å². The van der Waals surface area contributed by atoms with Crippen molar-refractivity contribution in [2.24, 2.45) is 0 Å². The zero-order valence-electron chi connectivity index (χ0n) is 23.2. The van der Waals surface area contributed by atoms with Crippen molar-refractivity contribution in [2.75, 3.05) is 7.11 Å². The SMILES string of the molecule is CCC(=C=C(C(=O)OC(C)(C)C)[C@H](NS(=O)(=O)c1ccc(OC)cc1)c1ccccc1)C(=O)OC(C)(C)C. The van der Waals surface area contributed by atoms with Gasteiger partial charge in [0.1, 0.15) is 22.5 Å². The highest BCUT2D eigenvalue weighted by molar-refractivity contribution is 7.89. The lowest BCUT2D eigenvalue weighted by Gasteiger charge is -2.25. The van der Waals surface area contributed by atoms with Gasteiger partial charge in [0.2, 0.25) is 10.0 Å². The van der Waals surface area contributed by atoms with Crippen molar-refractivity contribution in [2.45, 2.75) is 77.0 Å². The first-order chi connectivity index (χ1) is 17.6. The Bertz CT molecular complexity index is 1290. The van der Waals surface area contributed by atoms with Crippen LogP contribution in [0.1, 0.15) is 66.5 Å². The van der Waals surface area contributed by atoms with Gasteiger partial charge in [-0.05, 0) is 77.8 Å². The lowest BCUT2D eigenvalue weighted by Crippen LogP contribution is -2.34. The maximum atomic E-state index is 13.5. The molecular formula is C29H37NO7S. The first-order valence-electron chi connectivity index (χ1n) is 12.2. The molecule has 0 fully saturated rings. The molecule has 0 unspecified atom stereocenters. The Morgan fingerprint density at radius 1 is 0.868 bits per heavy atom. The molecule has 9 heteroatoms. The number of carbonyl (C=O) groups excluding carboxylic acids is 2. The number of benzene rings is 2. The maximum Gasteiger partial charge on any atom is 0.344 e. The lowest BCUT2D eigenvalue weighted by molar-refractivity contribution is -0.150. The molecule has 0 aromatic heterocycles. The summed E-state index contributed by atoms with van der Waals surface area (Å²) in [4.78, 5) is 26.4. The Morgan fingerprint density at radius 3 is 1.87 bits per heavy atom. The number of nitrogens with one attached hydrogen (secondary N) is 1. The molecule has 0 spiro atoms. The first-order valence-corrected chi connectivity index (χ1v) is 13.7. The van der Waals surface area contributed by atoms with Crippen molar-refractivity contribution in [1.29, 1.82) is 0 Å². The van der Waals surface area contributed by atoms with Gasteiger partial charge in [-0.25, -0.2) is 18.0 Å². The molecule has 2 aromatic carbocycles. The Balaban J connectivity index is 2.78. The van der Waals surface area contributed by atoms with Crippen LogP contribution in [0.4, 0.5) is 0 Å². The van der Waals surface area contributed by atoms with Crippen LogP contribution >= 0.6 is 0 Å². The molecule has 0 saturated carbocycles. The Hall–Kier alpha value is -3.39. The van der Waals surface area contributed by atoms with E-state index in [-0.39, 0.29) is 22.5 Å². The van der Waals surface area contributed by atoms with Gasteiger partial charge in [-0.3, -0.25) is 0 Å². The highest BCUT2D eigenvalue weighted by atomic mass is 32.2. The molecular weight excluding hydrogens is 506 g/mol. The number of esters is 2. The lowest BCUT2D eigenvalue weighted by atomic mass is 9.98. The molecule has 1 N–H and O–H groups in total. The molecule has 8 nitrogen and oxygen atoms in total. The number of methoxy groups -OCH3 is 1. The van der Waals surface area contributed by atoms with Gasteiger partial charge >= 0.3 is 11.9 Å². The zero-order valence-corrected chi connectivity index (χ0v) is 24.1. The Kier molecular flexibility index (Phi) is 10.1. The summed E-state index contributed by atoms with van der Waals surface area (Å²) in [6, 6.07) is 13.2. The molecule has 0 radical (unpaired) electrons. The summed E-state index contributed by atoms with van der Waals surface area (Å²) in [6.45, 7) is 12.0. The average molecular weight is 544 g/mol. The van der Waals surface area contributed by atoms with Gasteiger partial charge in [-0.2, -0.15) is 4.72 Å². The fourth-order valence-corrected chi connectivity index (χ4v) is 4.47. The summed E-state index contributed by atoms with van der Waals surface area (Å²) in [5.41, 5.74) is 1.56. The summed E-state index contributed by atoms with van der Waals surface area (Å²) in [7, 11) is -2.67. The van der Waals surface area contributed by atoms with Gasteiger partial charge in [0.15, 0.2) is 0 Å². The minimum Gasteiger partial charge on any atom is -0.497 e. The van der Waals surface area contributed by atoms with E-state index < -0.39 is 39.2 Å². The second-order valence-corrected chi connectivity index (χ2v) is 12.2. The molecule has 2 aromatic rings. The van der Waals surface area contributed by atoms with E-state index in [1.807, 2.05) is 0 Å². The molecule has 0 aliphatic heterocycles. The summed E-state index contributed by atoms with van der Waals surface area (Å²) < 4.78 is 45.8. The standard InChI is InChI=1S/C29H37NO7S/c1-9-20(26(31)36-28(2,3)4)19-24(27(32)37-29(5,6)7)25(21-13-11-10-12-14-21)30-38(33,34)23-17-15-22(35-8)16-18-23/h10-18,25,30H,9H2,1-8H3/t19?,25-/m1/s1. The van der Waals surface area contributed by atoms with Crippen LogP contribution < -0.4 is 9.46 Å². The largest absolute Gasteiger partial charge is 0.497 e. The van der Waals surface area contributed by atoms with Gasteiger partial charge in [-0.15, -0.1) is 0 Å². The normalized spacial score (nSPS) is 12.6. The van der Waals surface area contributed by atoms with E-state index in [4.69, 9.17) is 14.2 Å². The molecule has 1 atom stereocenters. The van der Waals surface area contributed by atoms with Gasteiger partial charge in [0.25, 0.3) is 0 Å². The summed E-state index contributed by atoms with van der Waals surface area (Å²) in [5.74, 6) is -0.991. The Labute approximate surface area is 225 Å². The quantitative estimate of drug-likeness (QED) is 0.261. The summed E-state index contributed by atoms with van der Waals surface area (Å²) in [6.07, 6.45) is 0.188. The fraction of sp³-hybridized carbons (Fsp3) is 0.414. The third-order valence-electron chi connectivity index (χ3n) is 4.97. The maximum absolute atomic E-state index is 13.5. The fourth-order valence-electron chi connectivity index (χ4n) is 3.28. The van der Waals surface area contributed by atoms with Crippen molar-refractivity contribution in [3.63, 3.8) is 0 Å². The van der Waals surface area contributed by atoms with E-state index >= 15 is 0 Å². The number of hydrogen-bond donors (Lipinski definition) is 1. The van der Waals surface area contributed by atoms with E-state index in [0.29, 0.717) is 11.3 Å². The van der Waals surface area contributed by atoms with Crippen LogP contribution in [-0.4, -0.2) is 38.7 Å². The van der Waals surface area contributed by atoms with Gasteiger partial charge in [-0.1, -0.05) is 43.0 Å². The monoisotopic (exact) mass is 543 g/mol. The van der Waals surface area contributed by atoms with Crippen LogP contribution in [0.3, 0.4) is 0 Å². The first kappa shape index (κ1) is 30.8. The zero-order chi connectivity index (χ0) is 28.7. The predicted molar refractivity (Wildman–Crippen MR) is 145 cm³/mol. The topological polar surface area (TPSA) is 108 Å². The van der Waals surface area contributed by atoms with E-state index in [2.05, 4.69) is 10.5 Å². The number of ether oxygens (including phenoxy) is 3. The van der Waals surface area contributed by atoms with Crippen molar-refractivity contribution >= 4 is 22.0 Å². The smallest absolute Gasteiger partial charge is 0.344 e.